The quantitative estimate of drug-likeness (QED) is 0.728. The molecule has 1 aromatic carbocycles. The van der Waals surface area contributed by atoms with Crippen molar-refractivity contribution >= 4 is 11.7 Å². The molecule has 0 aliphatic carbocycles. The van der Waals surface area contributed by atoms with Crippen molar-refractivity contribution in [1.82, 2.24) is 6.15 Å². The van der Waals surface area contributed by atoms with Crippen LogP contribution in [0.1, 0.15) is 10.4 Å². The molecule has 0 saturated heterocycles. The van der Waals surface area contributed by atoms with Crippen molar-refractivity contribution in [1.29, 1.82) is 0 Å². The van der Waals surface area contributed by atoms with Crippen molar-refractivity contribution in [2.45, 2.75) is 0 Å². The number of aromatic carboxylic acids is 1. The first-order valence-corrected chi connectivity index (χ1v) is 3.62. The predicted molar refractivity (Wildman–Crippen MR) is 52.8 cm³/mol. The summed E-state index contributed by atoms with van der Waals surface area (Å²) in [6, 6.07) is 6.75. The highest BCUT2D eigenvalue weighted by atomic mass is 16.4. The van der Waals surface area contributed by atoms with E-state index in [0.29, 0.717) is 5.56 Å². The van der Waals surface area contributed by atoms with E-state index in [9.17, 15) is 4.79 Å². The normalized spacial score (nSPS) is 8.77. The van der Waals surface area contributed by atoms with Gasteiger partial charge >= 0.3 is 5.97 Å². The molecule has 4 nitrogen and oxygen atoms in total. The molecule has 13 heavy (non-hydrogen) atoms. The Morgan fingerprint density at radius 3 is 2.00 bits per heavy atom. The minimum absolute atomic E-state index is 0. The SMILES string of the molecule is CN(C)c1ccc(C(=O)O)cc1.N. The van der Waals surface area contributed by atoms with E-state index in [1.54, 1.807) is 24.3 Å². The third-order valence-electron chi connectivity index (χ3n) is 1.63. The Morgan fingerprint density at radius 1 is 1.23 bits per heavy atom. The highest BCUT2D eigenvalue weighted by Crippen LogP contribution is 2.11. The van der Waals surface area contributed by atoms with E-state index >= 15 is 0 Å². The summed E-state index contributed by atoms with van der Waals surface area (Å²) >= 11 is 0. The average Bonchev–Trinajstić information content (AvgIpc) is 2.04. The van der Waals surface area contributed by atoms with Gasteiger partial charge in [-0.1, -0.05) is 0 Å². The van der Waals surface area contributed by atoms with Crippen molar-refractivity contribution in [3.8, 4) is 0 Å². The topological polar surface area (TPSA) is 75.5 Å². The lowest BCUT2D eigenvalue weighted by Crippen LogP contribution is -2.08. The van der Waals surface area contributed by atoms with Gasteiger partial charge in [-0.15, -0.1) is 0 Å². The van der Waals surface area contributed by atoms with E-state index in [1.807, 2.05) is 19.0 Å². The van der Waals surface area contributed by atoms with Crippen LogP contribution in [0.3, 0.4) is 0 Å². The summed E-state index contributed by atoms with van der Waals surface area (Å²) in [6.07, 6.45) is 0. The zero-order valence-electron chi connectivity index (χ0n) is 7.82. The Hall–Kier alpha value is -1.55. The summed E-state index contributed by atoms with van der Waals surface area (Å²) < 4.78 is 0. The number of hydrogen-bond acceptors (Lipinski definition) is 3. The van der Waals surface area contributed by atoms with E-state index in [0.717, 1.165) is 5.69 Å². The van der Waals surface area contributed by atoms with Crippen LogP contribution in [0.2, 0.25) is 0 Å². The van der Waals surface area contributed by atoms with Crippen molar-refractivity contribution in [3.05, 3.63) is 29.8 Å². The fraction of sp³-hybridized carbons (Fsp3) is 0.222. The fourth-order valence-corrected chi connectivity index (χ4v) is 0.902. The molecule has 0 bridgehead atoms. The Labute approximate surface area is 77.4 Å². The van der Waals surface area contributed by atoms with Gasteiger partial charge in [-0.3, -0.25) is 0 Å². The maximum atomic E-state index is 10.5. The van der Waals surface area contributed by atoms with Crippen LogP contribution in [0.5, 0.6) is 0 Å². The Kier molecular flexibility index (Phi) is 3.94. The number of hydrogen-bond donors (Lipinski definition) is 2. The summed E-state index contributed by atoms with van der Waals surface area (Å²) in [4.78, 5) is 12.4. The molecule has 1 rings (SSSR count). The standard InChI is InChI=1S/C9H11NO2.H3N/c1-10(2)8-5-3-7(4-6-8)9(11)12;/h3-6H,1-2H3,(H,11,12);1H3. The number of carboxylic acid groups (broad SMARTS) is 1. The first-order chi connectivity index (χ1) is 5.61. The van der Waals surface area contributed by atoms with E-state index in [2.05, 4.69) is 0 Å². The van der Waals surface area contributed by atoms with Gasteiger partial charge in [0, 0.05) is 19.8 Å². The summed E-state index contributed by atoms with van der Waals surface area (Å²) in [7, 11) is 3.82. The fourth-order valence-electron chi connectivity index (χ4n) is 0.902. The molecular formula is C9H14N2O2. The number of carbonyl (C=O) groups is 1. The van der Waals surface area contributed by atoms with E-state index in [1.165, 1.54) is 0 Å². The van der Waals surface area contributed by atoms with Crippen LogP contribution in [-0.4, -0.2) is 25.2 Å². The Bertz CT molecular complexity index is 280. The third kappa shape index (κ3) is 2.76. The van der Waals surface area contributed by atoms with Crippen LogP contribution in [-0.2, 0) is 0 Å². The molecule has 0 unspecified atom stereocenters. The van der Waals surface area contributed by atoms with Crippen LogP contribution in [0.4, 0.5) is 5.69 Å². The lowest BCUT2D eigenvalue weighted by molar-refractivity contribution is 0.0697. The summed E-state index contributed by atoms with van der Waals surface area (Å²) in [5.74, 6) is -0.889. The van der Waals surface area contributed by atoms with Gasteiger partial charge in [0.1, 0.15) is 0 Å². The van der Waals surface area contributed by atoms with Gasteiger partial charge < -0.3 is 16.2 Å². The molecule has 0 fully saturated rings. The number of nitrogens with zero attached hydrogens (tertiary/aromatic N) is 1. The predicted octanol–water partition coefficient (Wildman–Crippen LogP) is 1.61. The highest BCUT2D eigenvalue weighted by Gasteiger charge is 2.01. The molecule has 0 spiro atoms. The van der Waals surface area contributed by atoms with Gasteiger partial charge in [-0.25, -0.2) is 4.79 Å². The number of rotatable bonds is 2. The van der Waals surface area contributed by atoms with Gasteiger partial charge in [-0.05, 0) is 24.3 Å². The molecule has 0 atom stereocenters. The molecule has 72 valence electrons. The van der Waals surface area contributed by atoms with Crippen LogP contribution in [0.15, 0.2) is 24.3 Å². The molecule has 4 N–H and O–H groups in total. The maximum Gasteiger partial charge on any atom is 0.335 e. The van der Waals surface area contributed by atoms with Gasteiger partial charge in [0.05, 0.1) is 5.56 Å². The van der Waals surface area contributed by atoms with Crippen molar-refractivity contribution < 1.29 is 9.90 Å². The first-order valence-electron chi connectivity index (χ1n) is 3.62. The molecule has 0 aliphatic rings. The number of carboxylic acids is 1. The molecule has 0 aromatic heterocycles. The smallest absolute Gasteiger partial charge is 0.335 e. The molecule has 0 amide bonds. The third-order valence-corrected chi connectivity index (χ3v) is 1.63. The van der Waals surface area contributed by atoms with Crippen LogP contribution in [0, 0.1) is 0 Å². The summed E-state index contributed by atoms with van der Waals surface area (Å²) in [6.45, 7) is 0. The van der Waals surface area contributed by atoms with Gasteiger partial charge in [0.25, 0.3) is 0 Å². The lowest BCUT2D eigenvalue weighted by atomic mass is 10.2. The molecule has 4 heteroatoms. The monoisotopic (exact) mass is 182 g/mol. The van der Waals surface area contributed by atoms with Gasteiger partial charge in [-0.2, -0.15) is 0 Å². The Balaban J connectivity index is 0.00000144. The molecule has 0 heterocycles. The molecule has 1 aromatic rings. The minimum atomic E-state index is -0.889. The van der Waals surface area contributed by atoms with Crippen LogP contribution in [0.25, 0.3) is 0 Å². The summed E-state index contributed by atoms with van der Waals surface area (Å²) in [5.41, 5.74) is 1.32. The van der Waals surface area contributed by atoms with E-state index in [-0.39, 0.29) is 6.15 Å². The van der Waals surface area contributed by atoms with Crippen molar-refractivity contribution in [2.75, 3.05) is 19.0 Å². The summed E-state index contributed by atoms with van der Waals surface area (Å²) in [5, 5.41) is 8.60. The lowest BCUT2D eigenvalue weighted by Gasteiger charge is -2.11. The Morgan fingerprint density at radius 2 is 1.69 bits per heavy atom. The molecule has 0 aliphatic heterocycles. The molecule has 0 saturated carbocycles. The van der Waals surface area contributed by atoms with Crippen molar-refractivity contribution in [3.63, 3.8) is 0 Å². The number of benzene rings is 1. The largest absolute Gasteiger partial charge is 0.478 e. The van der Waals surface area contributed by atoms with E-state index < -0.39 is 5.97 Å². The van der Waals surface area contributed by atoms with E-state index in [4.69, 9.17) is 5.11 Å². The van der Waals surface area contributed by atoms with Gasteiger partial charge in [0.2, 0.25) is 0 Å². The second-order valence-electron chi connectivity index (χ2n) is 2.75. The first kappa shape index (κ1) is 11.4. The maximum absolute atomic E-state index is 10.5. The molecule has 0 radical (unpaired) electrons. The van der Waals surface area contributed by atoms with Crippen LogP contribution < -0.4 is 11.1 Å². The minimum Gasteiger partial charge on any atom is -0.478 e. The van der Waals surface area contributed by atoms with Crippen molar-refractivity contribution in [2.24, 2.45) is 0 Å². The zero-order chi connectivity index (χ0) is 9.14. The molecular weight excluding hydrogens is 168 g/mol. The average molecular weight is 182 g/mol. The zero-order valence-corrected chi connectivity index (χ0v) is 7.82. The van der Waals surface area contributed by atoms with Crippen LogP contribution >= 0.6 is 0 Å². The second-order valence-corrected chi connectivity index (χ2v) is 2.75. The number of anilines is 1. The second kappa shape index (κ2) is 4.47. The highest BCUT2D eigenvalue weighted by molar-refractivity contribution is 5.88. The van der Waals surface area contributed by atoms with Gasteiger partial charge in [0.15, 0.2) is 0 Å².